The van der Waals surface area contributed by atoms with E-state index in [1.54, 1.807) is 7.05 Å². The molecule has 1 N–H and O–H groups in total. The van der Waals surface area contributed by atoms with Crippen molar-refractivity contribution in [1.82, 2.24) is 5.43 Å². The minimum Gasteiger partial charge on any atom is -0.313 e. The molecule has 0 aliphatic heterocycles. The number of nitrogens with one attached hydrogen (secondary N) is 1. The van der Waals surface area contributed by atoms with Crippen molar-refractivity contribution in [3.63, 3.8) is 0 Å². The van der Waals surface area contributed by atoms with Gasteiger partial charge in [0.25, 0.3) is 0 Å². The summed E-state index contributed by atoms with van der Waals surface area (Å²) >= 11 is 0. The van der Waals surface area contributed by atoms with E-state index in [4.69, 9.17) is 0 Å². The van der Waals surface area contributed by atoms with Crippen LogP contribution < -0.4 is 5.43 Å². The van der Waals surface area contributed by atoms with Crippen molar-refractivity contribution < 1.29 is 0 Å². The summed E-state index contributed by atoms with van der Waals surface area (Å²) in [4.78, 5) is 0. The second-order valence-electron chi connectivity index (χ2n) is 4.21. The number of hydrogen-bond donors (Lipinski definition) is 1. The number of nitrogens with zero attached hydrogens (tertiary/aromatic N) is 1. The maximum Gasteiger partial charge on any atom is 0.0546 e. The summed E-state index contributed by atoms with van der Waals surface area (Å²) in [5, 5.41) is 9.16. The number of rotatable bonds is 2. The van der Waals surface area contributed by atoms with Gasteiger partial charge in [-0.05, 0) is 27.6 Å². The highest BCUT2D eigenvalue weighted by molar-refractivity contribution is 6.14. The molecule has 0 spiro atoms. The molecule has 0 fully saturated rings. The summed E-state index contributed by atoms with van der Waals surface area (Å²) in [6.45, 7) is 0. The number of fused-ring (bicyclic) bond motifs is 3. The monoisotopic (exact) mass is 234 g/mol. The van der Waals surface area contributed by atoms with Crippen LogP contribution in [0.25, 0.3) is 21.5 Å². The number of hydrogen-bond acceptors (Lipinski definition) is 2. The number of benzene rings is 3. The van der Waals surface area contributed by atoms with Gasteiger partial charge < -0.3 is 5.43 Å². The van der Waals surface area contributed by atoms with Gasteiger partial charge in [-0.15, -0.1) is 0 Å². The van der Waals surface area contributed by atoms with Crippen LogP contribution in [0, 0.1) is 0 Å². The zero-order valence-electron chi connectivity index (χ0n) is 10.2. The zero-order valence-corrected chi connectivity index (χ0v) is 10.2. The van der Waals surface area contributed by atoms with Gasteiger partial charge in [-0.3, -0.25) is 0 Å². The second kappa shape index (κ2) is 4.49. The molecule has 0 heterocycles. The Balaban J connectivity index is 2.42. The Kier molecular flexibility index (Phi) is 2.69. The van der Waals surface area contributed by atoms with E-state index < -0.39 is 0 Å². The van der Waals surface area contributed by atoms with Crippen LogP contribution in [0.3, 0.4) is 0 Å². The molecule has 2 heteroatoms. The van der Waals surface area contributed by atoms with Crippen LogP contribution in [0.5, 0.6) is 0 Å². The van der Waals surface area contributed by atoms with Crippen LogP contribution in [0.2, 0.25) is 0 Å². The second-order valence-corrected chi connectivity index (χ2v) is 4.21. The lowest BCUT2D eigenvalue weighted by molar-refractivity contribution is 0.908. The lowest BCUT2D eigenvalue weighted by Gasteiger charge is -2.07. The normalized spacial score (nSPS) is 11.4. The summed E-state index contributed by atoms with van der Waals surface area (Å²) < 4.78 is 0. The fraction of sp³-hybridized carbons (Fsp3) is 0.0625. The molecule has 0 saturated heterocycles. The molecule has 3 rings (SSSR count). The first-order chi connectivity index (χ1) is 8.90. The van der Waals surface area contributed by atoms with Crippen molar-refractivity contribution in [2.24, 2.45) is 5.10 Å². The van der Waals surface area contributed by atoms with Gasteiger partial charge >= 0.3 is 0 Å². The topological polar surface area (TPSA) is 24.4 Å². The third-order valence-electron chi connectivity index (χ3n) is 3.13. The largest absolute Gasteiger partial charge is 0.313 e. The summed E-state index contributed by atoms with van der Waals surface area (Å²) in [6, 6.07) is 19.1. The number of hydrazone groups is 1. The van der Waals surface area contributed by atoms with Crippen molar-refractivity contribution in [3.8, 4) is 0 Å². The van der Waals surface area contributed by atoms with E-state index in [0.717, 1.165) is 5.56 Å². The van der Waals surface area contributed by atoms with Crippen LogP contribution in [0.1, 0.15) is 5.56 Å². The molecular formula is C16H14N2. The smallest absolute Gasteiger partial charge is 0.0546 e. The Morgan fingerprint density at radius 2 is 1.56 bits per heavy atom. The molecule has 18 heavy (non-hydrogen) atoms. The minimum absolute atomic E-state index is 1.14. The summed E-state index contributed by atoms with van der Waals surface area (Å²) in [6.07, 6.45) is 1.87. The van der Waals surface area contributed by atoms with Crippen molar-refractivity contribution >= 4 is 27.8 Å². The maximum absolute atomic E-state index is 4.12. The Morgan fingerprint density at radius 1 is 0.889 bits per heavy atom. The Morgan fingerprint density at radius 3 is 2.33 bits per heavy atom. The van der Waals surface area contributed by atoms with Crippen LogP contribution >= 0.6 is 0 Å². The summed E-state index contributed by atoms with van der Waals surface area (Å²) in [5.74, 6) is 0. The molecule has 0 aliphatic carbocycles. The van der Waals surface area contributed by atoms with Crippen molar-refractivity contribution in [2.45, 2.75) is 0 Å². The van der Waals surface area contributed by atoms with Gasteiger partial charge in [0.1, 0.15) is 0 Å². The molecule has 2 nitrogen and oxygen atoms in total. The lowest BCUT2D eigenvalue weighted by atomic mass is 9.98. The van der Waals surface area contributed by atoms with Gasteiger partial charge in [-0.2, -0.15) is 5.10 Å². The van der Waals surface area contributed by atoms with Crippen molar-refractivity contribution in [2.75, 3.05) is 7.05 Å². The first-order valence-corrected chi connectivity index (χ1v) is 6.00. The summed E-state index contributed by atoms with van der Waals surface area (Å²) in [5.41, 5.74) is 3.94. The van der Waals surface area contributed by atoms with E-state index in [9.17, 15) is 0 Å². The average Bonchev–Trinajstić information content (AvgIpc) is 2.45. The fourth-order valence-electron chi connectivity index (χ4n) is 2.32. The molecule has 0 radical (unpaired) electrons. The Bertz CT molecular complexity index is 729. The quantitative estimate of drug-likeness (QED) is 0.409. The standard InChI is InChI=1S/C16H14N2/c1-17-18-11-13-10-12-6-2-3-7-14(12)16-9-5-4-8-15(13)16/h2-11,17H,1H3/b18-11+. The van der Waals surface area contributed by atoms with E-state index in [1.165, 1.54) is 21.5 Å². The van der Waals surface area contributed by atoms with Gasteiger partial charge in [0.05, 0.1) is 6.21 Å². The van der Waals surface area contributed by atoms with E-state index in [0.29, 0.717) is 0 Å². The van der Waals surface area contributed by atoms with E-state index >= 15 is 0 Å². The highest BCUT2D eigenvalue weighted by Gasteiger charge is 2.03. The first kappa shape index (κ1) is 10.8. The molecule has 88 valence electrons. The minimum atomic E-state index is 1.14. The van der Waals surface area contributed by atoms with Gasteiger partial charge in [-0.25, -0.2) is 0 Å². The van der Waals surface area contributed by atoms with E-state index in [-0.39, 0.29) is 0 Å². The molecular weight excluding hydrogens is 220 g/mol. The van der Waals surface area contributed by atoms with E-state index in [2.05, 4.69) is 65.1 Å². The highest BCUT2D eigenvalue weighted by Crippen LogP contribution is 2.27. The molecule has 0 amide bonds. The van der Waals surface area contributed by atoms with Crippen LogP contribution in [-0.4, -0.2) is 13.3 Å². The Labute approximate surface area is 106 Å². The predicted molar refractivity (Wildman–Crippen MR) is 78.1 cm³/mol. The molecule has 0 bridgehead atoms. The summed E-state index contributed by atoms with van der Waals surface area (Å²) in [7, 11) is 1.81. The molecule has 0 aromatic heterocycles. The first-order valence-electron chi connectivity index (χ1n) is 6.00. The highest BCUT2D eigenvalue weighted by atomic mass is 15.3. The molecule has 0 saturated carbocycles. The van der Waals surface area contributed by atoms with Crippen molar-refractivity contribution in [3.05, 3.63) is 60.2 Å². The zero-order chi connectivity index (χ0) is 12.4. The maximum atomic E-state index is 4.12. The molecule has 0 aliphatic rings. The van der Waals surface area contributed by atoms with Crippen LogP contribution in [0.15, 0.2) is 59.7 Å². The van der Waals surface area contributed by atoms with Gasteiger partial charge in [0.15, 0.2) is 0 Å². The van der Waals surface area contributed by atoms with Gasteiger partial charge in [-0.1, -0.05) is 48.5 Å². The Hall–Kier alpha value is -2.35. The van der Waals surface area contributed by atoms with Gasteiger partial charge in [0, 0.05) is 12.6 Å². The molecule has 3 aromatic rings. The average molecular weight is 234 g/mol. The van der Waals surface area contributed by atoms with Crippen LogP contribution in [-0.2, 0) is 0 Å². The van der Waals surface area contributed by atoms with Crippen molar-refractivity contribution in [1.29, 1.82) is 0 Å². The SMILES string of the molecule is CN/N=C/c1cc2ccccc2c2ccccc12. The molecule has 0 unspecified atom stereocenters. The van der Waals surface area contributed by atoms with Crippen LogP contribution in [0.4, 0.5) is 0 Å². The third kappa shape index (κ3) is 1.72. The van der Waals surface area contributed by atoms with E-state index in [1.807, 2.05) is 6.21 Å². The predicted octanol–water partition coefficient (Wildman–Crippen LogP) is 3.55. The third-order valence-corrected chi connectivity index (χ3v) is 3.13. The van der Waals surface area contributed by atoms with Gasteiger partial charge in [0.2, 0.25) is 0 Å². The molecule has 0 atom stereocenters. The fourth-order valence-corrected chi connectivity index (χ4v) is 2.32. The lowest BCUT2D eigenvalue weighted by Crippen LogP contribution is -1.95. The molecule has 3 aromatic carbocycles.